The third-order valence-electron chi connectivity index (χ3n) is 5.29. The average Bonchev–Trinajstić information content (AvgIpc) is 3.08. The summed E-state index contributed by atoms with van der Waals surface area (Å²) in [5, 5.41) is 4.96. The molecule has 1 aliphatic rings. The molecule has 5 nitrogen and oxygen atoms in total. The number of ether oxygens (including phenoxy) is 2. The highest BCUT2D eigenvalue weighted by molar-refractivity contribution is 6.04. The summed E-state index contributed by atoms with van der Waals surface area (Å²) in [7, 11) is 1.54. The number of methoxy groups -OCH3 is 1. The molecular formula is C21H28ClF3N2O3. The predicted molar refractivity (Wildman–Crippen MR) is 111 cm³/mol. The van der Waals surface area contributed by atoms with Crippen molar-refractivity contribution in [3.8, 4) is 5.75 Å². The van der Waals surface area contributed by atoms with Gasteiger partial charge in [-0.05, 0) is 37.3 Å². The Morgan fingerprint density at radius 1 is 1.23 bits per heavy atom. The van der Waals surface area contributed by atoms with Crippen molar-refractivity contribution in [1.29, 1.82) is 0 Å². The molecule has 0 aliphatic heterocycles. The van der Waals surface area contributed by atoms with Crippen molar-refractivity contribution >= 4 is 29.1 Å². The quantitative estimate of drug-likeness (QED) is 0.370. The van der Waals surface area contributed by atoms with E-state index >= 15 is 0 Å². The Labute approximate surface area is 180 Å². The van der Waals surface area contributed by atoms with Crippen molar-refractivity contribution in [3.05, 3.63) is 23.9 Å². The Balaban J connectivity index is 0.00000320. The number of carbonyl (C=O) groups excluding carboxylic acids is 1. The molecule has 0 atom stereocenters. The summed E-state index contributed by atoms with van der Waals surface area (Å²) in [6.45, 7) is -0.311. The Kier molecular flexibility index (Phi) is 8.97. The van der Waals surface area contributed by atoms with Gasteiger partial charge in [0.1, 0.15) is 5.75 Å². The van der Waals surface area contributed by atoms with Crippen LogP contribution >= 0.6 is 12.4 Å². The normalized spacial score (nSPS) is 15.2. The smallest absolute Gasteiger partial charge is 0.422 e. The van der Waals surface area contributed by atoms with Crippen LogP contribution in [-0.4, -0.2) is 42.1 Å². The summed E-state index contributed by atoms with van der Waals surface area (Å²) in [5.41, 5.74) is 0.696. The van der Waals surface area contributed by atoms with E-state index in [4.69, 9.17) is 9.47 Å². The zero-order valence-electron chi connectivity index (χ0n) is 17.0. The third kappa shape index (κ3) is 6.60. The maximum absolute atomic E-state index is 12.8. The van der Waals surface area contributed by atoms with Crippen LogP contribution in [0.15, 0.2) is 18.3 Å². The first-order chi connectivity index (χ1) is 13.9. The van der Waals surface area contributed by atoms with Crippen LogP contribution in [0.2, 0.25) is 0 Å². The average molecular weight is 449 g/mol. The highest BCUT2D eigenvalue weighted by Gasteiger charge is 2.30. The van der Waals surface area contributed by atoms with Gasteiger partial charge in [0.05, 0.1) is 16.5 Å². The minimum absolute atomic E-state index is 0. The lowest BCUT2D eigenvalue weighted by Crippen LogP contribution is -2.20. The Morgan fingerprint density at radius 2 is 1.97 bits per heavy atom. The summed E-state index contributed by atoms with van der Waals surface area (Å²) in [6.07, 6.45) is 3.81. The summed E-state index contributed by atoms with van der Waals surface area (Å²) in [5.74, 6) is 0.228. The molecule has 0 saturated heterocycles. The van der Waals surface area contributed by atoms with E-state index in [1.165, 1.54) is 32.4 Å². The molecule has 1 aromatic heterocycles. The fourth-order valence-corrected chi connectivity index (χ4v) is 3.89. The molecule has 2 aromatic rings. The van der Waals surface area contributed by atoms with E-state index in [1.807, 2.05) is 0 Å². The van der Waals surface area contributed by atoms with Crippen molar-refractivity contribution < 1.29 is 27.4 Å². The van der Waals surface area contributed by atoms with Gasteiger partial charge in [0.15, 0.2) is 12.4 Å². The number of ketones is 1. The molecule has 0 spiro atoms. The van der Waals surface area contributed by atoms with E-state index in [1.54, 1.807) is 16.9 Å². The molecule has 0 bridgehead atoms. The maximum Gasteiger partial charge on any atom is 0.422 e. The molecule has 3 rings (SSSR count). The Morgan fingerprint density at radius 3 is 2.63 bits per heavy atom. The first-order valence-electron chi connectivity index (χ1n) is 10.1. The van der Waals surface area contributed by atoms with Gasteiger partial charge in [-0.3, -0.25) is 9.48 Å². The number of carbonyl (C=O) groups is 1. The van der Waals surface area contributed by atoms with Gasteiger partial charge in [0.25, 0.3) is 0 Å². The van der Waals surface area contributed by atoms with Crippen molar-refractivity contribution in [3.63, 3.8) is 0 Å². The van der Waals surface area contributed by atoms with E-state index in [2.05, 4.69) is 5.10 Å². The van der Waals surface area contributed by atoms with E-state index in [0.717, 1.165) is 19.4 Å². The van der Waals surface area contributed by atoms with Crippen LogP contribution in [0.25, 0.3) is 10.9 Å². The van der Waals surface area contributed by atoms with Crippen LogP contribution in [0.1, 0.15) is 55.3 Å². The highest BCUT2D eigenvalue weighted by Crippen LogP contribution is 2.33. The third-order valence-corrected chi connectivity index (χ3v) is 5.29. The number of benzene rings is 1. The predicted octanol–water partition coefficient (Wildman–Crippen LogP) is 5.59. The van der Waals surface area contributed by atoms with Gasteiger partial charge in [-0.1, -0.05) is 19.3 Å². The topological polar surface area (TPSA) is 53.3 Å². The number of hydrogen-bond donors (Lipinski definition) is 0. The lowest BCUT2D eigenvalue weighted by Gasteiger charge is -2.21. The van der Waals surface area contributed by atoms with E-state index in [-0.39, 0.29) is 35.9 Å². The van der Waals surface area contributed by atoms with Gasteiger partial charge in [-0.25, -0.2) is 0 Å². The minimum Gasteiger partial charge on any atom is -0.483 e. The molecule has 9 heteroatoms. The van der Waals surface area contributed by atoms with Crippen LogP contribution in [0, 0.1) is 5.92 Å². The number of aromatic nitrogens is 2. The highest BCUT2D eigenvalue weighted by atomic mass is 35.5. The summed E-state index contributed by atoms with van der Waals surface area (Å²) in [4.78, 5) is 12.6. The van der Waals surface area contributed by atoms with Crippen molar-refractivity contribution in [2.24, 2.45) is 5.92 Å². The van der Waals surface area contributed by atoms with Gasteiger partial charge in [-0.2, -0.15) is 18.3 Å². The Bertz CT molecular complexity index is 833. The number of Topliss-reactive ketones (excluding diaryl/α,β-unsaturated/α-hetero) is 1. The van der Waals surface area contributed by atoms with Gasteiger partial charge in [-0.15, -0.1) is 12.4 Å². The second-order valence-electron chi connectivity index (χ2n) is 7.65. The van der Waals surface area contributed by atoms with Crippen LogP contribution in [-0.2, 0) is 11.3 Å². The largest absolute Gasteiger partial charge is 0.483 e. The van der Waals surface area contributed by atoms with Crippen LogP contribution < -0.4 is 4.74 Å². The van der Waals surface area contributed by atoms with Crippen molar-refractivity contribution in [2.75, 3.05) is 20.3 Å². The molecule has 168 valence electrons. The molecule has 1 saturated carbocycles. The van der Waals surface area contributed by atoms with E-state index in [9.17, 15) is 18.0 Å². The van der Waals surface area contributed by atoms with Gasteiger partial charge in [0, 0.05) is 32.9 Å². The zero-order valence-corrected chi connectivity index (χ0v) is 17.9. The zero-order chi connectivity index (χ0) is 20.9. The molecule has 0 N–H and O–H groups in total. The van der Waals surface area contributed by atoms with Crippen LogP contribution in [0.3, 0.4) is 0 Å². The molecule has 1 aliphatic carbocycles. The maximum atomic E-state index is 12.8. The fraction of sp³-hybridized carbons (Fsp3) is 0.619. The number of rotatable bonds is 9. The van der Waals surface area contributed by atoms with Crippen LogP contribution in [0.4, 0.5) is 13.2 Å². The number of nitrogens with zero attached hydrogens (tertiary/aromatic N) is 2. The number of fused-ring (bicyclic) bond motifs is 1. The molecule has 0 amide bonds. The molecular weight excluding hydrogens is 421 g/mol. The van der Waals surface area contributed by atoms with E-state index in [0.29, 0.717) is 29.8 Å². The van der Waals surface area contributed by atoms with Gasteiger partial charge < -0.3 is 9.47 Å². The second-order valence-corrected chi connectivity index (χ2v) is 7.65. The Hall–Kier alpha value is -1.80. The summed E-state index contributed by atoms with van der Waals surface area (Å²) >= 11 is 0. The molecule has 1 fully saturated rings. The minimum atomic E-state index is -4.49. The number of halogens is 4. The first kappa shape index (κ1) is 24.5. The monoisotopic (exact) mass is 448 g/mol. The van der Waals surface area contributed by atoms with Crippen LogP contribution in [0.5, 0.6) is 5.75 Å². The van der Waals surface area contributed by atoms with E-state index < -0.39 is 12.8 Å². The SMILES string of the molecule is COCCCC(=O)c1ccc2nn(CC3CCCCC3)cc2c1OCC(F)(F)F.Cl. The standard InChI is InChI=1S/C21H27F3N2O3.ClH/c1-28-11-5-8-19(27)16-9-10-18-17(20(16)29-14-21(22,23)24)13-26(25-18)12-15-6-3-2-4-7-15;/h9-10,13,15H,2-8,11-12,14H2,1H3;1H. The second kappa shape index (κ2) is 11.0. The first-order valence-corrected chi connectivity index (χ1v) is 10.1. The molecule has 0 unspecified atom stereocenters. The molecule has 1 aromatic carbocycles. The van der Waals surface area contributed by atoms with Crippen molar-refractivity contribution in [1.82, 2.24) is 9.78 Å². The number of alkyl halides is 3. The fourth-order valence-electron chi connectivity index (χ4n) is 3.89. The lowest BCUT2D eigenvalue weighted by molar-refractivity contribution is -0.153. The van der Waals surface area contributed by atoms with Gasteiger partial charge in [0.2, 0.25) is 0 Å². The lowest BCUT2D eigenvalue weighted by atomic mass is 9.89. The molecule has 1 heterocycles. The molecule has 30 heavy (non-hydrogen) atoms. The van der Waals surface area contributed by atoms with Crippen molar-refractivity contribution in [2.45, 2.75) is 57.7 Å². The number of hydrogen-bond acceptors (Lipinski definition) is 4. The summed E-state index contributed by atoms with van der Waals surface area (Å²) in [6, 6.07) is 3.19. The van der Waals surface area contributed by atoms with Gasteiger partial charge >= 0.3 is 6.18 Å². The molecule has 0 radical (unpaired) electrons. The summed E-state index contributed by atoms with van der Waals surface area (Å²) < 4.78 is 50.2.